The summed E-state index contributed by atoms with van der Waals surface area (Å²) in [6.45, 7) is 6.31. The molecule has 0 bridgehead atoms. The smallest absolute Gasteiger partial charge is 0.405 e. The first-order valence-electron chi connectivity index (χ1n) is 17.9. The van der Waals surface area contributed by atoms with Gasteiger partial charge < -0.3 is 30.1 Å². The first kappa shape index (κ1) is 36.4. The maximum Gasteiger partial charge on any atom is 0.405 e. The second-order valence-corrected chi connectivity index (χ2v) is 16.3. The van der Waals surface area contributed by atoms with Crippen LogP contribution in [-0.4, -0.2) is 89.4 Å². The van der Waals surface area contributed by atoms with E-state index in [1.807, 2.05) is 44.2 Å². The molecule has 51 heavy (non-hydrogen) atoms. The van der Waals surface area contributed by atoms with Crippen molar-refractivity contribution in [3.05, 3.63) is 42.6 Å². The Bertz CT molecular complexity index is 1810. The minimum Gasteiger partial charge on any atom is -0.494 e. The first-order valence-corrected chi connectivity index (χ1v) is 19.4. The monoisotopic (exact) mass is 725 g/mol. The van der Waals surface area contributed by atoms with E-state index in [0.29, 0.717) is 55.7 Å². The summed E-state index contributed by atoms with van der Waals surface area (Å²) in [6.07, 6.45) is 6.98. The van der Waals surface area contributed by atoms with Crippen molar-refractivity contribution in [3.8, 4) is 11.6 Å². The largest absolute Gasteiger partial charge is 0.494 e. The zero-order chi connectivity index (χ0) is 36.5. The Labute approximate surface area is 297 Å². The molecular weight excluding hydrogens is 678 g/mol. The number of sulfonamides is 1. The number of hydrogen-bond donors (Lipinski definition) is 4. The van der Waals surface area contributed by atoms with Crippen LogP contribution in [0.3, 0.4) is 0 Å². The number of carbonyl (C=O) groups excluding carboxylic acids is 3. The molecule has 2 aromatic rings. The summed E-state index contributed by atoms with van der Waals surface area (Å²) in [5.41, 5.74) is -1.52. The molecule has 2 saturated carbocycles. The van der Waals surface area contributed by atoms with Gasteiger partial charge in [-0.3, -0.25) is 19.1 Å². The Morgan fingerprint density at radius 3 is 2.63 bits per heavy atom. The molecule has 2 aliphatic carbocycles. The van der Waals surface area contributed by atoms with Gasteiger partial charge in [-0.05, 0) is 86.9 Å². The molecule has 4 amide bonds. The number of ether oxygens (including phenoxy) is 2. The molecule has 1 aromatic carbocycles. The fourth-order valence-corrected chi connectivity index (χ4v) is 8.85. The molecule has 0 spiro atoms. The molecule has 1 aromatic heterocycles. The fourth-order valence-electron chi connectivity index (χ4n) is 7.49. The molecule has 14 nitrogen and oxygen atoms in total. The van der Waals surface area contributed by atoms with Crippen LogP contribution in [0.25, 0.3) is 10.8 Å². The highest BCUT2D eigenvalue weighted by atomic mass is 32.2. The van der Waals surface area contributed by atoms with Gasteiger partial charge in [-0.15, -0.1) is 0 Å². The summed E-state index contributed by atoms with van der Waals surface area (Å²) in [5, 5.41) is 16.0. The van der Waals surface area contributed by atoms with Gasteiger partial charge in [0.2, 0.25) is 27.7 Å². The number of hydrogen-bond acceptors (Lipinski definition) is 9. The van der Waals surface area contributed by atoms with Crippen LogP contribution in [0, 0.1) is 17.8 Å². The quantitative estimate of drug-likeness (QED) is 0.278. The van der Waals surface area contributed by atoms with Crippen LogP contribution >= 0.6 is 0 Å². The molecule has 7 atom stereocenters. The SMILES string of the molecule is CCOc1ccc2c(O[C@@H]3C[C@H]4C(=O)N[C@]5(C(=O)NS(=O)(=O)C6CC6)C[C@H]5/C=C\CC[C@H](C)C[C@@H](CC)[C@H](NC(=O)O)C(=O)N4C3)nccc2c1. The third-order valence-corrected chi connectivity index (χ3v) is 12.4. The minimum absolute atomic E-state index is 0.0260. The number of allylic oxidation sites excluding steroid dienone is 1. The van der Waals surface area contributed by atoms with E-state index in [-0.39, 0.29) is 31.2 Å². The van der Waals surface area contributed by atoms with Crippen LogP contribution in [0.2, 0.25) is 0 Å². The topological polar surface area (TPSA) is 193 Å². The lowest BCUT2D eigenvalue weighted by Gasteiger charge is -2.33. The fraction of sp³-hybridized carbons (Fsp3) is 0.583. The average Bonchev–Trinajstić information content (AvgIpc) is 4.01. The molecule has 1 saturated heterocycles. The lowest BCUT2D eigenvalue weighted by atomic mass is 9.85. The van der Waals surface area contributed by atoms with Crippen LogP contribution in [0.4, 0.5) is 4.79 Å². The molecule has 4 aliphatic rings. The van der Waals surface area contributed by atoms with Crippen LogP contribution in [0.15, 0.2) is 42.6 Å². The highest BCUT2D eigenvalue weighted by Crippen LogP contribution is 2.46. The van der Waals surface area contributed by atoms with Gasteiger partial charge in [-0.1, -0.05) is 32.4 Å². The molecule has 3 fully saturated rings. The molecular formula is C36H47N5O9S. The molecule has 276 valence electrons. The number of amides is 4. The number of pyridine rings is 1. The summed E-state index contributed by atoms with van der Waals surface area (Å²) in [4.78, 5) is 60.3. The highest BCUT2D eigenvalue weighted by molar-refractivity contribution is 7.91. The number of nitrogens with zero attached hydrogens (tertiary/aromatic N) is 2. The van der Waals surface area contributed by atoms with Crippen molar-refractivity contribution in [2.75, 3.05) is 13.2 Å². The second-order valence-electron chi connectivity index (χ2n) is 14.3. The normalized spacial score (nSPS) is 30.5. The first-order chi connectivity index (χ1) is 24.3. The zero-order valence-corrected chi connectivity index (χ0v) is 30.0. The van der Waals surface area contributed by atoms with Crippen molar-refractivity contribution in [3.63, 3.8) is 0 Å². The van der Waals surface area contributed by atoms with Crippen molar-refractivity contribution < 1.29 is 42.2 Å². The maximum absolute atomic E-state index is 14.5. The Morgan fingerprint density at radius 2 is 1.92 bits per heavy atom. The van der Waals surface area contributed by atoms with Crippen LogP contribution in [-0.2, 0) is 24.4 Å². The summed E-state index contributed by atoms with van der Waals surface area (Å²) in [6, 6.07) is 5.04. The van der Waals surface area contributed by atoms with E-state index in [1.54, 1.807) is 12.3 Å². The van der Waals surface area contributed by atoms with Crippen LogP contribution < -0.4 is 24.8 Å². The Morgan fingerprint density at radius 1 is 1.14 bits per heavy atom. The number of nitrogens with one attached hydrogen (secondary N) is 3. The number of carbonyl (C=O) groups is 4. The lowest BCUT2D eigenvalue weighted by molar-refractivity contribution is -0.142. The van der Waals surface area contributed by atoms with E-state index in [9.17, 15) is 32.7 Å². The maximum atomic E-state index is 14.5. The number of carboxylic acid groups (broad SMARTS) is 1. The van der Waals surface area contributed by atoms with Gasteiger partial charge in [0, 0.05) is 23.9 Å². The zero-order valence-electron chi connectivity index (χ0n) is 29.2. The van der Waals surface area contributed by atoms with E-state index in [1.165, 1.54) is 4.90 Å². The number of benzene rings is 1. The van der Waals surface area contributed by atoms with Gasteiger partial charge in [0.25, 0.3) is 5.91 Å². The van der Waals surface area contributed by atoms with E-state index in [2.05, 4.69) is 27.3 Å². The van der Waals surface area contributed by atoms with Gasteiger partial charge in [0.05, 0.1) is 18.4 Å². The highest BCUT2D eigenvalue weighted by Gasteiger charge is 2.62. The second kappa shape index (κ2) is 14.7. The van der Waals surface area contributed by atoms with Crippen LogP contribution in [0.5, 0.6) is 11.6 Å². The summed E-state index contributed by atoms with van der Waals surface area (Å²) in [5.74, 6) is -1.70. The van der Waals surface area contributed by atoms with Crippen molar-refractivity contribution in [2.24, 2.45) is 17.8 Å². The van der Waals surface area contributed by atoms with Crippen molar-refractivity contribution in [1.29, 1.82) is 0 Å². The minimum atomic E-state index is -3.90. The number of rotatable bonds is 9. The average molecular weight is 726 g/mol. The molecule has 0 radical (unpaired) electrons. The van der Waals surface area contributed by atoms with Gasteiger partial charge in [-0.2, -0.15) is 0 Å². The van der Waals surface area contributed by atoms with Gasteiger partial charge in [-0.25, -0.2) is 18.2 Å². The molecule has 2 aliphatic heterocycles. The number of fused-ring (bicyclic) bond motifs is 3. The van der Waals surface area contributed by atoms with Crippen molar-refractivity contribution >= 4 is 44.6 Å². The van der Waals surface area contributed by atoms with Gasteiger partial charge >= 0.3 is 6.09 Å². The third-order valence-electron chi connectivity index (χ3n) is 10.5. The van der Waals surface area contributed by atoms with Gasteiger partial charge in [0.1, 0.15) is 29.5 Å². The standard InChI is InChI=1S/C36H47N5O9S/c1-4-22-16-21(3)8-6-7-9-24-19-36(24,34(44)40-51(47,48)27-11-12-27)39-31(42)29-18-26(20-41(29)33(43)30(22)38-35(45)46)50-32-28-13-10-25(49-5-2)17-23(28)14-15-37-32/h7,9-10,13-15,17,21-22,24,26-27,29-30,38H,4-6,8,11-12,16,18-20H2,1-3H3,(H,39,42)(H,40,44)(H,45,46)/b9-7-/t21-,22+,24+,26+,29-,30-,36+/m0/s1. The van der Waals surface area contributed by atoms with Gasteiger partial charge in [0.15, 0.2) is 0 Å². The Kier molecular flexibility index (Phi) is 10.5. The van der Waals surface area contributed by atoms with E-state index >= 15 is 0 Å². The Hall–Kier alpha value is -4.40. The summed E-state index contributed by atoms with van der Waals surface area (Å²) in [7, 11) is -3.90. The Balaban J connectivity index is 1.34. The molecule has 4 N–H and O–H groups in total. The van der Waals surface area contributed by atoms with Crippen molar-refractivity contribution in [1.82, 2.24) is 25.2 Å². The molecule has 3 heterocycles. The van der Waals surface area contributed by atoms with Crippen LogP contribution in [0.1, 0.15) is 72.1 Å². The van der Waals surface area contributed by atoms with Crippen molar-refractivity contribution in [2.45, 2.75) is 101 Å². The molecule has 6 rings (SSSR count). The lowest BCUT2D eigenvalue weighted by Crippen LogP contribution is -2.59. The summed E-state index contributed by atoms with van der Waals surface area (Å²) >= 11 is 0. The molecule has 15 heteroatoms. The number of aromatic nitrogens is 1. The third kappa shape index (κ3) is 7.92. The van der Waals surface area contributed by atoms with E-state index < -0.39 is 68.7 Å². The molecule has 0 unspecified atom stereocenters. The predicted octanol–water partition coefficient (Wildman–Crippen LogP) is 3.50. The predicted molar refractivity (Wildman–Crippen MR) is 187 cm³/mol. The van der Waals surface area contributed by atoms with E-state index in [4.69, 9.17) is 9.47 Å². The van der Waals surface area contributed by atoms with E-state index in [0.717, 1.165) is 11.8 Å². The summed E-state index contributed by atoms with van der Waals surface area (Å²) < 4.78 is 39.8.